The van der Waals surface area contributed by atoms with E-state index in [-0.39, 0.29) is 6.04 Å². The Morgan fingerprint density at radius 2 is 1.71 bits per heavy atom. The van der Waals surface area contributed by atoms with Gasteiger partial charge in [-0.05, 0) is 37.6 Å². The maximum atomic E-state index is 12.6. The summed E-state index contributed by atoms with van der Waals surface area (Å²) in [7, 11) is 2.03. The maximum absolute atomic E-state index is 12.6. The highest BCUT2D eigenvalue weighted by molar-refractivity contribution is 5.27. The fourth-order valence-corrected chi connectivity index (χ4v) is 3.17. The summed E-state index contributed by atoms with van der Waals surface area (Å²) in [5.74, 6) is 0. The van der Waals surface area contributed by atoms with Crippen molar-refractivity contribution in [3.8, 4) is 0 Å². The molecule has 2 N–H and O–H groups in total. The van der Waals surface area contributed by atoms with Gasteiger partial charge in [0.25, 0.3) is 0 Å². The van der Waals surface area contributed by atoms with Crippen LogP contribution in [-0.4, -0.2) is 24.5 Å². The van der Waals surface area contributed by atoms with Crippen molar-refractivity contribution in [2.45, 2.75) is 50.4 Å². The zero-order valence-corrected chi connectivity index (χ0v) is 12.4. The van der Waals surface area contributed by atoms with Crippen LogP contribution >= 0.6 is 0 Å². The van der Waals surface area contributed by atoms with Crippen LogP contribution in [0.3, 0.4) is 0 Å². The van der Waals surface area contributed by atoms with Gasteiger partial charge in [0.2, 0.25) is 0 Å². The van der Waals surface area contributed by atoms with Crippen molar-refractivity contribution in [2.24, 2.45) is 5.73 Å². The fourth-order valence-electron chi connectivity index (χ4n) is 3.17. The summed E-state index contributed by atoms with van der Waals surface area (Å²) >= 11 is 0. The van der Waals surface area contributed by atoms with Crippen LogP contribution < -0.4 is 5.73 Å². The highest BCUT2D eigenvalue weighted by Gasteiger charge is 2.31. The highest BCUT2D eigenvalue weighted by atomic mass is 19.4. The molecule has 2 rings (SSSR count). The molecule has 5 heteroatoms. The average molecular weight is 300 g/mol. The van der Waals surface area contributed by atoms with E-state index in [1.54, 1.807) is 12.1 Å². The van der Waals surface area contributed by atoms with Gasteiger partial charge in [-0.3, -0.25) is 4.90 Å². The quantitative estimate of drug-likeness (QED) is 0.911. The molecule has 0 heterocycles. The molecule has 21 heavy (non-hydrogen) atoms. The van der Waals surface area contributed by atoms with Gasteiger partial charge in [-0.15, -0.1) is 0 Å². The van der Waals surface area contributed by atoms with Crippen LogP contribution in [0, 0.1) is 0 Å². The number of alkyl halides is 3. The topological polar surface area (TPSA) is 29.3 Å². The lowest BCUT2D eigenvalue weighted by Gasteiger charge is -2.37. The Kier molecular flexibility index (Phi) is 5.27. The van der Waals surface area contributed by atoms with Gasteiger partial charge in [0, 0.05) is 18.6 Å². The first-order chi connectivity index (χ1) is 9.93. The first-order valence-electron chi connectivity index (χ1n) is 7.52. The minimum Gasteiger partial charge on any atom is -0.329 e. The van der Waals surface area contributed by atoms with Crippen molar-refractivity contribution in [3.63, 3.8) is 0 Å². The van der Waals surface area contributed by atoms with Crippen LogP contribution in [0.1, 0.15) is 49.3 Å². The normalized spacial score (nSPS) is 19.0. The molecule has 0 amide bonds. The van der Waals surface area contributed by atoms with Crippen LogP contribution in [0.25, 0.3) is 0 Å². The monoisotopic (exact) mass is 300 g/mol. The molecule has 0 aliphatic heterocycles. The summed E-state index contributed by atoms with van der Waals surface area (Å²) in [6.07, 6.45) is 1.73. The number of hydrogen-bond donors (Lipinski definition) is 1. The summed E-state index contributed by atoms with van der Waals surface area (Å²) in [4.78, 5) is 2.24. The van der Waals surface area contributed by atoms with Gasteiger partial charge in [0.15, 0.2) is 0 Å². The summed E-state index contributed by atoms with van der Waals surface area (Å²) < 4.78 is 37.9. The Labute approximate surface area is 124 Å². The number of hydrogen-bond acceptors (Lipinski definition) is 2. The minimum absolute atomic E-state index is 0.0182. The summed E-state index contributed by atoms with van der Waals surface area (Å²) in [6.45, 7) is 0.415. The van der Waals surface area contributed by atoms with Crippen molar-refractivity contribution < 1.29 is 13.2 Å². The molecule has 0 spiro atoms. The van der Waals surface area contributed by atoms with Gasteiger partial charge >= 0.3 is 6.18 Å². The molecule has 0 radical (unpaired) electrons. The number of halogens is 3. The second-order valence-electron chi connectivity index (χ2n) is 5.83. The standard InChI is InChI=1S/C16H23F3N2/c1-21(14-5-3-2-4-6-14)15(11-20)12-7-9-13(10-8-12)16(17,18)19/h7-10,14-15H,2-6,11,20H2,1H3. The maximum Gasteiger partial charge on any atom is 0.416 e. The van der Waals surface area contributed by atoms with Gasteiger partial charge < -0.3 is 5.73 Å². The Morgan fingerprint density at radius 1 is 1.14 bits per heavy atom. The molecule has 1 aliphatic carbocycles. The predicted molar refractivity (Wildman–Crippen MR) is 77.9 cm³/mol. The van der Waals surface area contributed by atoms with Gasteiger partial charge in [0.1, 0.15) is 0 Å². The van der Waals surface area contributed by atoms with Crippen LogP contribution in [0.5, 0.6) is 0 Å². The summed E-state index contributed by atoms with van der Waals surface area (Å²) in [5.41, 5.74) is 6.12. The molecular weight excluding hydrogens is 277 g/mol. The minimum atomic E-state index is -4.29. The van der Waals surface area contributed by atoms with Crippen molar-refractivity contribution >= 4 is 0 Å². The molecule has 2 nitrogen and oxygen atoms in total. The van der Waals surface area contributed by atoms with Gasteiger partial charge in [-0.1, -0.05) is 31.4 Å². The molecule has 1 saturated carbocycles. The van der Waals surface area contributed by atoms with E-state index in [0.29, 0.717) is 12.6 Å². The molecule has 0 aromatic heterocycles. The largest absolute Gasteiger partial charge is 0.416 e. The van der Waals surface area contributed by atoms with Crippen molar-refractivity contribution in [3.05, 3.63) is 35.4 Å². The Balaban J connectivity index is 2.12. The van der Waals surface area contributed by atoms with E-state index in [4.69, 9.17) is 5.73 Å². The number of benzene rings is 1. The van der Waals surface area contributed by atoms with Gasteiger partial charge in [-0.2, -0.15) is 13.2 Å². The van der Waals surface area contributed by atoms with Crippen molar-refractivity contribution in [1.29, 1.82) is 0 Å². The van der Waals surface area contributed by atoms with E-state index < -0.39 is 11.7 Å². The predicted octanol–water partition coefficient (Wildman–Crippen LogP) is 3.97. The van der Waals surface area contributed by atoms with Crippen LogP contribution in [-0.2, 0) is 6.18 Å². The smallest absolute Gasteiger partial charge is 0.329 e. The summed E-state index contributed by atoms with van der Waals surface area (Å²) in [5, 5.41) is 0. The second kappa shape index (κ2) is 6.79. The molecule has 1 unspecified atom stereocenters. The molecule has 118 valence electrons. The van der Waals surface area contributed by atoms with E-state index in [2.05, 4.69) is 4.90 Å². The highest BCUT2D eigenvalue weighted by Crippen LogP contribution is 2.32. The molecule has 0 saturated heterocycles. The molecule has 1 fully saturated rings. The van der Waals surface area contributed by atoms with E-state index in [1.165, 1.54) is 19.3 Å². The first-order valence-corrected chi connectivity index (χ1v) is 7.52. The van der Waals surface area contributed by atoms with Crippen LogP contribution in [0.15, 0.2) is 24.3 Å². The van der Waals surface area contributed by atoms with E-state index in [9.17, 15) is 13.2 Å². The summed E-state index contributed by atoms with van der Waals surface area (Å²) in [6, 6.07) is 5.86. The molecule has 1 aromatic rings. The van der Waals surface area contributed by atoms with Crippen LogP contribution in [0.4, 0.5) is 13.2 Å². The number of rotatable bonds is 4. The SMILES string of the molecule is CN(C1CCCCC1)C(CN)c1ccc(C(F)(F)F)cc1. The van der Waals surface area contributed by atoms with Crippen LogP contribution in [0.2, 0.25) is 0 Å². The first kappa shape index (κ1) is 16.3. The zero-order chi connectivity index (χ0) is 15.5. The third-order valence-electron chi connectivity index (χ3n) is 4.49. The molecular formula is C16H23F3N2. The number of nitrogens with zero attached hydrogens (tertiary/aromatic N) is 1. The Hall–Kier alpha value is -1.07. The molecule has 1 aromatic carbocycles. The average Bonchev–Trinajstić information content (AvgIpc) is 2.48. The lowest BCUT2D eigenvalue weighted by molar-refractivity contribution is -0.137. The third-order valence-corrected chi connectivity index (χ3v) is 4.49. The lowest BCUT2D eigenvalue weighted by Crippen LogP contribution is -2.39. The second-order valence-corrected chi connectivity index (χ2v) is 5.83. The Bertz CT molecular complexity index is 436. The van der Waals surface area contributed by atoms with Gasteiger partial charge in [-0.25, -0.2) is 0 Å². The lowest BCUT2D eigenvalue weighted by atomic mass is 9.92. The number of likely N-dealkylation sites (N-methyl/N-ethyl adjacent to an activating group) is 1. The Morgan fingerprint density at radius 3 is 2.19 bits per heavy atom. The number of nitrogens with two attached hydrogens (primary N) is 1. The van der Waals surface area contributed by atoms with E-state index in [1.807, 2.05) is 7.05 Å². The van der Waals surface area contributed by atoms with E-state index in [0.717, 1.165) is 30.5 Å². The third kappa shape index (κ3) is 3.98. The molecule has 0 bridgehead atoms. The zero-order valence-electron chi connectivity index (χ0n) is 12.4. The van der Waals surface area contributed by atoms with Gasteiger partial charge in [0.05, 0.1) is 5.56 Å². The van der Waals surface area contributed by atoms with Crippen molar-refractivity contribution in [2.75, 3.05) is 13.6 Å². The molecule has 1 aliphatic rings. The van der Waals surface area contributed by atoms with Crippen molar-refractivity contribution in [1.82, 2.24) is 4.90 Å². The molecule has 1 atom stereocenters. The van der Waals surface area contributed by atoms with E-state index >= 15 is 0 Å². The fraction of sp³-hybridized carbons (Fsp3) is 0.625.